The van der Waals surface area contributed by atoms with Crippen LogP contribution in [0.2, 0.25) is 0 Å². The third kappa shape index (κ3) is 4.56. The van der Waals surface area contributed by atoms with E-state index in [1.54, 1.807) is 0 Å². The topological polar surface area (TPSA) is 12.5 Å². The third-order valence-electron chi connectivity index (χ3n) is 5.66. The zero-order valence-corrected chi connectivity index (χ0v) is 16.0. The first kappa shape index (κ1) is 18.7. The molecule has 0 bridgehead atoms. The standard InChI is InChI=1S/C24H31NO/c1-3-16-25-17-9-8-15-24(4-2,20-25)22-13-10-14-23(18-22)26-19-21-11-6-5-7-12-21/h3,5-7,10-14,18H,1,4,8-9,15-17,19-20H2,2H3. The SMILES string of the molecule is C=CCN1CCCCC(CC)(c2cccc(OCc3ccccc3)c2)C1. The predicted molar refractivity (Wildman–Crippen MR) is 110 cm³/mol. The van der Waals surface area contributed by atoms with Crippen LogP contribution in [0.1, 0.15) is 43.7 Å². The fraction of sp³-hybridized carbons (Fsp3) is 0.417. The molecule has 2 aromatic carbocycles. The minimum atomic E-state index is 0.214. The summed E-state index contributed by atoms with van der Waals surface area (Å²) in [5, 5.41) is 0. The van der Waals surface area contributed by atoms with Gasteiger partial charge in [-0.2, -0.15) is 0 Å². The Morgan fingerprint density at radius 3 is 2.73 bits per heavy atom. The van der Waals surface area contributed by atoms with Gasteiger partial charge in [0.25, 0.3) is 0 Å². The van der Waals surface area contributed by atoms with E-state index in [1.807, 2.05) is 12.1 Å². The first-order valence-electron chi connectivity index (χ1n) is 9.86. The Kier molecular flexibility index (Phi) is 6.51. The lowest BCUT2D eigenvalue weighted by atomic mass is 9.74. The largest absolute Gasteiger partial charge is 0.489 e. The molecule has 2 nitrogen and oxygen atoms in total. The van der Waals surface area contributed by atoms with Crippen LogP contribution in [-0.2, 0) is 12.0 Å². The van der Waals surface area contributed by atoms with Gasteiger partial charge in [0, 0.05) is 18.5 Å². The van der Waals surface area contributed by atoms with E-state index in [1.165, 1.54) is 36.9 Å². The smallest absolute Gasteiger partial charge is 0.120 e. The van der Waals surface area contributed by atoms with Crippen LogP contribution >= 0.6 is 0 Å². The quantitative estimate of drug-likeness (QED) is 0.605. The Hall–Kier alpha value is -2.06. The minimum absolute atomic E-state index is 0.214. The Morgan fingerprint density at radius 1 is 1.12 bits per heavy atom. The van der Waals surface area contributed by atoms with Crippen LogP contribution in [-0.4, -0.2) is 24.5 Å². The zero-order valence-electron chi connectivity index (χ0n) is 16.0. The maximum atomic E-state index is 6.09. The molecule has 0 radical (unpaired) electrons. The summed E-state index contributed by atoms with van der Waals surface area (Å²) in [5.74, 6) is 0.971. The highest BCUT2D eigenvalue weighted by Gasteiger charge is 2.34. The van der Waals surface area contributed by atoms with Gasteiger partial charge in [-0.3, -0.25) is 4.90 Å². The fourth-order valence-corrected chi connectivity index (χ4v) is 4.11. The molecule has 0 spiro atoms. The van der Waals surface area contributed by atoms with E-state index in [-0.39, 0.29) is 5.41 Å². The maximum Gasteiger partial charge on any atom is 0.120 e. The lowest BCUT2D eigenvalue weighted by molar-refractivity contribution is 0.235. The first-order chi connectivity index (χ1) is 12.8. The molecule has 1 aliphatic rings. The van der Waals surface area contributed by atoms with Crippen molar-refractivity contribution in [2.45, 2.75) is 44.6 Å². The van der Waals surface area contributed by atoms with Crippen molar-refractivity contribution in [1.29, 1.82) is 0 Å². The lowest BCUT2D eigenvalue weighted by Gasteiger charge is -2.36. The average Bonchev–Trinajstić information content (AvgIpc) is 2.91. The van der Waals surface area contributed by atoms with E-state index in [0.717, 1.165) is 25.3 Å². The molecule has 1 aliphatic heterocycles. The van der Waals surface area contributed by atoms with E-state index >= 15 is 0 Å². The van der Waals surface area contributed by atoms with E-state index in [4.69, 9.17) is 4.74 Å². The Morgan fingerprint density at radius 2 is 1.96 bits per heavy atom. The van der Waals surface area contributed by atoms with E-state index in [0.29, 0.717) is 6.61 Å². The van der Waals surface area contributed by atoms with Gasteiger partial charge in [0.05, 0.1) is 0 Å². The summed E-state index contributed by atoms with van der Waals surface area (Å²) in [6, 6.07) is 19.1. The molecule has 0 N–H and O–H groups in total. The third-order valence-corrected chi connectivity index (χ3v) is 5.66. The molecule has 0 aromatic heterocycles. The van der Waals surface area contributed by atoms with Crippen molar-refractivity contribution in [3.63, 3.8) is 0 Å². The summed E-state index contributed by atoms with van der Waals surface area (Å²) in [5.41, 5.74) is 2.84. The van der Waals surface area contributed by atoms with Crippen LogP contribution in [0.3, 0.4) is 0 Å². The number of nitrogens with zero attached hydrogens (tertiary/aromatic N) is 1. The summed E-state index contributed by atoms with van der Waals surface area (Å²) in [6.07, 6.45) is 7.00. The average molecular weight is 350 g/mol. The molecule has 26 heavy (non-hydrogen) atoms. The van der Waals surface area contributed by atoms with Crippen molar-refractivity contribution in [2.75, 3.05) is 19.6 Å². The lowest BCUT2D eigenvalue weighted by Crippen LogP contribution is -2.39. The summed E-state index contributed by atoms with van der Waals surface area (Å²) in [4.78, 5) is 2.56. The first-order valence-corrected chi connectivity index (χ1v) is 9.86. The molecule has 1 atom stereocenters. The molecule has 1 unspecified atom stereocenters. The fourth-order valence-electron chi connectivity index (χ4n) is 4.11. The summed E-state index contributed by atoms with van der Waals surface area (Å²) >= 11 is 0. The number of likely N-dealkylation sites (tertiary alicyclic amines) is 1. The number of hydrogen-bond donors (Lipinski definition) is 0. The Bertz CT molecular complexity index is 696. The van der Waals surface area contributed by atoms with E-state index in [2.05, 4.69) is 66.9 Å². The van der Waals surface area contributed by atoms with Crippen LogP contribution < -0.4 is 4.74 Å². The van der Waals surface area contributed by atoms with E-state index < -0.39 is 0 Å². The number of ether oxygens (including phenoxy) is 1. The molecule has 2 heteroatoms. The highest BCUT2D eigenvalue weighted by molar-refractivity contribution is 5.35. The second kappa shape index (κ2) is 9.05. The second-order valence-corrected chi connectivity index (χ2v) is 7.42. The van der Waals surface area contributed by atoms with Crippen molar-refractivity contribution in [3.05, 3.63) is 78.4 Å². The van der Waals surface area contributed by atoms with Gasteiger partial charge in [0.15, 0.2) is 0 Å². The van der Waals surface area contributed by atoms with Gasteiger partial charge in [-0.15, -0.1) is 6.58 Å². The van der Waals surface area contributed by atoms with Gasteiger partial charge >= 0.3 is 0 Å². The van der Waals surface area contributed by atoms with Gasteiger partial charge in [-0.05, 0) is 49.1 Å². The molecule has 138 valence electrons. The van der Waals surface area contributed by atoms with Crippen molar-refractivity contribution < 1.29 is 4.74 Å². The molecule has 2 aromatic rings. The van der Waals surface area contributed by atoms with Crippen LogP contribution in [0.15, 0.2) is 67.3 Å². The highest BCUT2D eigenvalue weighted by Crippen LogP contribution is 2.38. The van der Waals surface area contributed by atoms with Crippen LogP contribution in [0.4, 0.5) is 0 Å². The van der Waals surface area contributed by atoms with Gasteiger partial charge < -0.3 is 4.74 Å². The molecule has 1 saturated heterocycles. The van der Waals surface area contributed by atoms with Gasteiger partial charge in [-0.25, -0.2) is 0 Å². The molecule has 3 rings (SSSR count). The van der Waals surface area contributed by atoms with Crippen molar-refractivity contribution in [1.82, 2.24) is 4.90 Å². The molecular formula is C24H31NO. The van der Waals surface area contributed by atoms with Gasteiger partial charge in [-0.1, -0.05) is 61.9 Å². The van der Waals surface area contributed by atoms with Crippen LogP contribution in [0, 0.1) is 0 Å². The Balaban J connectivity index is 1.78. The monoisotopic (exact) mass is 349 g/mol. The summed E-state index contributed by atoms with van der Waals surface area (Å²) in [6.45, 7) is 10.1. The molecule has 1 fully saturated rings. The normalized spacial score (nSPS) is 21.1. The molecule has 0 saturated carbocycles. The maximum absolute atomic E-state index is 6.09. The van der Waals surface area contributed by atoms with Gasteiger partial charge in [0.2, 0.25) is 0 Å². The second-order valence-electron chi connectivity index (χ2n) is 7.42. The number of hydrogen-bond acceptors (Lipinski definition) is 2. The van der Waals surface area contributed by atoms with Crippen molar-refractivity contribution >= 4 is 0 Å². The number of benzene rings is 2. The van der Waals surface area contributed by atoms with Crippen molar-refractivity contribution in [2.24, 2.45) is 0 Å². The van der Waals surface area contributed by atoms with E-state index in [9.17, 15) is 0 Å². The van der Waals surface area contributed by atoms with Crippen LogP contribution in [0.5, 0.6) is 5.75 Å². The minimum Gasteiger partial charge on any atom is -0.489 e. The highest BCUT2D eigenvalue weighted by atomic mass is 16.5. The number of rotatable bonds is 7. The molecular weight excluding hydrogens is 318 g/mol. The molecule has 0 aliphatic carbocycles. The summed E-state index contributed by atoms with van der Waals surface area (Å²) in [7, 11) is 0. The molecule has 0 amide bonds. The Labute approximate surface area is 158 Å². The predicted octanol–water partition coefficient (Wildman–Crippen LogP) is 5.59. The van der Waals surface area contributed by atoms with Crippen molar-refractivity contribution in [3.8, 4) is 5.75 Å². The molecule has 1 heterocycles. The van der Waals surface area contributed by atoms with Gasteiger partial charge in [0.1, 0.15) is 12.4 Å². The zero-order chi connectivity index (χ0) is 18.2. The van der Waals surface area contributed by atoms with Crippen LogP contribution in [0.25, 0.3) is 0 Å². The summed E-state index contributed by atoms with van der Waals surface area (Å²) < 4.78 is 6.09.